The molecule has 3 aromatic rings. The molecule has 1 aromatic carbocycles. The molecule has 0 saturated heterocycles. The van der Waals surface area contributed by atoms with Crippen molar-refractivity contribution in [2.75, 3.05) is 0 Å². The Morgan fingerprint density at radius 1 is 1.00 bits per heavy atom. The number of thiophene rings is 1. The molecule has 0 aliphatic rings. The van der Waals surface area contributed by atoms with Crippen LogP contribution in [0.15, 0.2) is 60.1 Å². The van der Waals surface area contributed by atoms with Crippen molar-refractivity contribution in [3.05, 3.63) is 71.4 Å². The van der Waals surface area contributed by atoms with E-state index in [0.29, 0.717) is 5.69 Å². The van der Waals surface area contributed by atoms with Crippen molar-refractivity contribution in [3.8, 4) is 10.4 Å². The number of hydrogen-bond donors (Lipinski definition) is 1. The molecule has 0 amide bonds. The predicted octanol–water partition coefficient (Wildman–Crippen LogP) is 3.97. The number of H-pyrrole nitrogens is 1. The molecule has 2 heterocycles. The maximum atomic E-state index is 12.3. The van der Waals surface area contributed by atoms with Crippen LogP contribution in [0.25, 0.3) is 10.4 Å². The highest BCUT2D eigenvalue weighted by Crippen LogP contribution is 2.30. The van der Waals surface area contributed by atoms with Gasteiger partial charge in [0.15, 0.2) is 0 Å². The van der Waals surface area contributed by atoms with E-state index in [2.05, 4.69) is 4.98 Å². The van der Waals surface area contributed by atoms with Crippen LogP contribution < -0.4 is 0 Å². The van der Waals surface area contributed by atoms with E-state index in [1.54, 1.807) is 23.6 Å². The third-order valence-corrected chi connectivity index (χ3v) is 3.75. The van der Waals surface area contributed by atoms with Gasteiger partial charge in [-0.15, -0.1) is 11.3 Å². The average Bonchev–Trinajstić information content (AvgIpc) is 3.10. The van der Waals surface area contributed by atoms with E-state index in [9.17, 15) is 4.79 Å². The molecule has 18 heavy (non-hydrogen) atoms. The molecule has 0 spiro atoms. The maximum absolute atomic E-state index is 12.3. The summed E-state index contributed by atoms with van der Waals surface area (Å²) in [7, 11) is 0. The summed E-state index contributed by atoms with van der Waals surface area (Å²) in [4.78, 5) is 16.3. The normalized spacial score (nSPS) is 10.4. The van der Waals surface area contributed by atoms with Gasteiger partial charge in [-0.3, -0.25) is 4.79 Å². The highest BCUT2D eigenvalue weighted by molar-refractivity contribution is 7.14. The lowest BCUT2D eigenvalue weighted by molar-refractivity contribution is 0.103. The summed E-state index contributed by atoms with van der Waals surface area (Å²) in [5.41, 5.74) is 2.47. The second kappa shape index (κ2) is 4.63. The van der Waals surface area contributed by atoms with Gasteiger partial charge in [0.1, 0.15) is 0 Å². The Hall–Kier alpha value is -2.13. The summed E-state index contributed by atoms with van der Waals surface area (Å²) in [6.45, 7) is 0. The minimum Gasteiger partial charge on any atom is -0.359 e. The number of ketones is 1. The number of aromatic amines is 1. The van der Waals surface area contributed by atoms with Crippen molar-refractivity contribution in [3.63, 3.8) is 0 Å². The molecular weight excluding hydrogens is 242 g/mol. The Labute approximate surface area is 109 Å². The van der Waals surface area contributed by atoms with E-state index < -0.39 is 0 Å². The molecule has 3 heteroatoms. The molecule has 0 bridgehead atoms. The number of aromatic nitrogens is 1. The van der Waals surface area contributed by atoms with Crippen LogP contribution in [-0.4, -0.2) is 10.8 Å². The summed E-state index contributed by atoms with van der Waals surface area (Å²) in [5, 5.41) is 1.96. The van der Waals surface area contributed by atoms with Gasteiger partial charge >= 0.3 is 0 Å². The summed E-state index contributed by atoms with van der Waals surface area (Å²) in [5.74, 6) is 0.0418. The number of hydrogen-bond acceptors (Lipinski definition) is 2. The predicted molar refractivity (Wildman–Crippen MR) is 74.0 cm³/mol. The number of benzene rings is 1. The van der Waals surface area contributed by atoms with Gasteiger partial charge in [-0.1, -0.05) is 30.3 Å². The van der Waals surface area contributed by atoms with Crippen LogP contribution in [0.4, 0.5) is 0 Å². The third kappa shape index (κ3) is 1.89. The standard InChI is InChI=1S/C15H11NOS/c17-14(13-7-4-9-16-13)12-8-10-18-15(12)11-5-2-1-3-6-11/h1-10,16H. The molecule has 0 atom stereocenters. The molecule has 0 saturated carbocycles. The van der Waals surface area contributed by atoms with Crippen LogP contribution in [0.3, 0.4) is 0 Å². The van der Waals surface area contributed by atoms with Crippen LogP contribution in [0.2, 0.25) is 0 Å². The fourth-order valence-electron chi connectivity index (χ4n) is 1.92. The lowest BCUT2D eigenvalue weighted by Crippen LogP contribution is -2.01. The van der Waals surface area contributed by atoms with E-state index in [0.717, 1.165) is 16.0 Å². The van der Waals surface area contributed by atoms with Gasteiger partial charge in [0.05, 0.1) is 5.69 Å². The Kier molecular flexibility index (Phi) is 2.82. The number of carbonyl (C=O) groups is 1. The average molecular weight is 253 g/mol. The Morgan fingerprint density at radius 2 is 1.83 bits per heavy atom. The van der Waals surface area contributed by atoms with Crippen molar-refractivity contribution in [2.45, 2.75) is 0 Å². The first kappa shape index (κ1) is 11.0. The Morgan fingerprint density at radius 3 is 2.56 bits per heavy atom. The number of rotatable bonds is 3. The zero-order valence-corrected chi connectivity index (χ0v) is 10.4. The quantitative estimate of drug-likeness (QED) is 0.704. The summed E-state index contributed by atoms with van der Waals surface area (Å²) >= 11 is 1.59. The molecule has 1 N–H and O–H groups in total. The van der Waals surface area contributed by atoms with Crippen molar-refractivity contribution >= 4 is 17.1 Å². The van der Waals surface area contributed by atoms with Gasteiger partial charge in [-0.2, -0.15) is 0 Å². The molecule has 88 valence electrons. The van der Waals surface area contributed by atoms with Gasteiger partial charge in [0.25, 0.3) is 0 Å². The van der Waals surface area contributed by atoms with Crippen LogP contribution in [0.5, 0.6) is 0 Å². The first-order chi connectivity index (χ1) is 8.86. The topological polar surface area (TPSA) is 32.9 Å². The second-order valence-corrected chi connectivity index (χ2v) is 4.86. The van der Waals surface area contributed by atoms with Crippen molar-refractivity contribution in [1.29, 1.82) is 0 Å². The van der Waals surface area contributed by atoms with E-state index in [1.807, 2.05) is 47.8 Å². The lowest BCUT2D eigenvalue weighted by atomic mass is 10.1. The Balaban J connectivity index is 2.05. The maximum Gasteiger partial charge on any atom is 0.210 e. The highest BCUT2D eigenvalue weighted by atomic mass is 32.1. The van der Waals surface area contributed by atoms with E-state index in [-0.39, 0.29) is 5.78 Å². The first-order valence-electron chi connectivity index (χ1n) is 5.67. The zero-order valence-electron chi connectivity index (χ0n) is 9.59. The molecule has 0 fully saturated rings. The SMILES string of the molecule is O=C(c1ccc[nH]1)c1ccsc1-c1ccccc1. The third-order valence-electron chi connectivity index (χ3n) is 2.79. The molecular formula is C15H11NOS. The van der Waals surface area contributed by atoms with Crippen LogP contribution in [0.1, 0.15) is 16.1 Å². The zero-order chi connectivity index (χ0) is 12.4. The van der Waals surface area contributed by atoms with Crippen LogP contribution in [-0.2, 0) is 0 Å². The van der Waals surface area contributed by atoms with Crippen LogP contribution >= 0.6 is 11.3 Å². The minimum atomic E-state index is 0.0418. The lowest BCUT2D eigenvalue weighted by Gasteiger charge is -2.02. The van der Waals surface area contributed by atoms with Gasteiger partial charge < -0.3 is 4.98 Å². The molecule has 0 aliphatic heterocycles. The largest absolute Gasteiger partial charge is 0.359 e. The van der Waals surface area contributed by atoms with Gasteiger partial charge in [0, 0.05) is 16.6 Å². The highest BCUT2D eigenvalue weighted by Gasteiger charge is 2.16. The first-order valence-corrected chi connectivity index (χ1v) is 6.55. The van der Waals surface area contributed by atoms with Crippen molar-refractivity contribution in [1.82, 2.24) is 4.98 Å². The Bertz CT molecular complexity index is 653. The molecule has 0 aliphatic carbocycles. The summed E-state index contributed by atoms with van der Waals surface area (Å²) in [6.07, 6.45) is 1.77. The van der Waals surface area contributed by atoms with E-state index in [1.165, 1.54) is 0 Å². The van der Waals surface area contributed by atoms with Crippen molar-refractivity contribution < 1.29 is 4.79 Å². The number of carbonyl (C=O) groups excluding carboxylic acids is 1. The summed E-state index contributed by atoms with van der Waals surface area (Å²) < 4.78 is 0. The van der Waals surface area contributed by atoms with E-state index >= 15 is 0 Å². The second-order valence-electron chi connectivity index (χ2n) is 3.94. The number of nitrogens with one attached hydrogen (secondary N) is 1. The minimum absolute atomic E-state index is 0.0418. The molecule has 2 nitrogen and oxygen atoms in total. The molecule has 0 unspecified atom stereocenters. The smallest absolute Gasteiger partial charge is 0.210 e. The van der Waals surface area contributed by atoms with Gasteiger partial charge in [-0.05, 0) is 29.1 Å². The molecule has 0 radical (unpaired) electrons. The summed E-state index contributed by atoms with van der Waals surface area (Å²) in [6, 6.07) is 15.5. The van der Waals surface area contributed by atoms with Gasteiger partial charge in [0.2, 0.25) is 5.78 Å². The monoisotopic (exact) mass is 253 g/mol. The molecule has 2 aromatic heterocycles. The fraction of sp³-hybridized carbons (Fsp3) is 0. The van der Waals surface area contributed by atoms with Crippen LogP contribution in [0, 0.1) is 0 Å². The van der Waals surface area contributed by atoms with Crippen molar-refractivity contribution in [2.24, 2.45) is 0 Å². The fourth-order valence-corrected chi connectivity index (χ4v) is 2.82. The molecule has 3 rings (SSSR count). The van der Waals surface area contributed by atoms with E-state index in [4.69, 9.17) is 0 Å². The van der Waals surface area contributed by atoms with Gasteiger partial charge in [-0.25, -0.2) is 0 Å².